The summed E-state index contributed by atoms with van der Waals surface area (Å²) in [6.07, 6.45) is 2.01. The van der Waals surface area contributed by atoms with Crippen LogP contribution in [0.3, 0.4) is 0 Å². The normalized spacial score (nSPS) is 13.6. The van der Waals surface area contributed by atoms with Crippen LogP contribution in [0.2, 0.25) is 15.1 Å². The van der Waals surface area contributed by atoms with E-state index in [1.54, 1.807) is 19.2 Å². The van der Waals surface area contributed by atoms with Crippen molar-refractivity contribution in [2.45, 2.75) is 12.8 Å². The third kappa shape index (κ3) is 7.94. The summed E-state index contributed by atoms with van der Waals surface area (Å²) in [4.78, 5) is 15.6. The average molecular weight is 536 g/mol. The molecule has 10 heteroatoms. The zero-order valence-electron chi connectivity index (χ0n) is 14.3. The van der Waals surface area contributed by atoms with Crippen LogP contribution in [-0.2, 0) is 4.79 Å². The van der Waals surface area contributed by atoms with Gasteiger partial charge in [-0.15, -0.1) is 24.0 Å². The van der Waals surface area contributed by atoms with Crippen molar-refractivity contribution in [2.24, 2.45) is 10.9 Å². The van der Waals surface area contributed by atoms with E-state index < -0.39 is 0 Å². The molecular weight excluding hydrogens is 513 g/mol. The molecule has 0 unspecified atom stereocenters. The number of guanidine groups is 1. The predicted octanol–water partition coefficient (Wildman–Crippen LogP) is 3.33. The fraction of sp³-hybridized carbons (Fsp3) is 0.500. The lowest BCUT2D eigenvalue weighted by atomic mass is 10.3. The maximum absolute atomic E-state index is 11.5. The molecule has 2 rings (SSSR count). The van der Waals surface area contributed by atoms with Crippen LogP contribution in [0.15, 0.2) is 17.1 Å². The molecule has 0 saturated heterocycles. The maximum Gasteiger partial charge on any atom is 0.223 e. The zero-order valence-corrected chi connectivity index (χ0v) is 18.9. The molecule has 1 aromatic rings. The number of carbonyl (C=O) groups is 1. The van der Waals surface area contributed by atoms with Gasteiger partial charge in [-0.3, -0.25) is 9.79 Å². The van der Waals surface area contributed by atoms with Crippen molar-refractivity contribution < 1.29 is 9.53 Å². The summed E-state index contributed by atoms with van der Waals surface area (Å²) >= 11 is 18.0. The van der Waals surface area contributed by atoms with Crippen molar-refractivity contribution in [3.05, 3.63) is 27.2 Å². The highest BCUT2D eigenvalue weighted by molar-refractivity contribution is 14.0. The smallest absolute Gasteiger partial charge is 0.223 e. The Balaban J connectivity index is 0.00000338. The van der Waals surface area contributed by atoms with Gasteiger partial charge < -0.3 is 20.7 Å². The molecule has 0 spiro atoms. The second-order valence-corrected chi connectivity index (χ2v) is 6.79. The number of hydrogen-bond donors (Lipinski definition) is 3. The van der Waals surface area contributed by atoms with Gasteiger partial charge in [-0.05, 0) is 25.0 Å². The number of hydrogen-bond acceptors (Lipinski definition) is 3. The van der Waals surface area contributed by atoms with Crippen LogP contribution < -0.4 is 20.7 Å². The number of ether oxygens (including phenoxy) is 1. The molecular formula is C16H22Cl3IN4O2. The van der Waals surface area contributed by atoms with Crippen molar-refractivity contribution in [1.29, 1.82) is 0 Å². The number of carbonyl (C=O) groups excluding carboxylic acids is 1. The molecule has 1 aliphatic carbocycles. The molecule has 26 heavy (non-hydrogen) atoms. The van der Waals surface area contributed by atoms with Crippen LogP contribution in [0, 0.1) is 5.92 Å². The lowest BCUT2D eigenvalue weighted by Crippen LogP contribution is -2.42. The number of halogens is 4. The molecule has 0 bridgehead atoms. The Kier molecular flexibility index (Phi) is 10.7. The Morgan fingerprint density at radius 1 is 1.12 bits per heavy atom. The standard InChI is InChI=1S/C16H21Cl3N4O2.HI/c1-20-16(22-5-4-21-15(24)10-2-3-10)23-6-7-25-14-12(18)8-11(17)9-13(14)19;/h8-10H,2-7H2,1H3,(H,21,24)(H2,20,22,23);1H. The molecule has 0 radical (unpaired) electrons. The van der Waals surface area contributed by atoms with Crippen LogP contribution in [0.5, 0.6) is 5.75 Å². The summed E-state index contributed by atoms with van der Waals surface area (Å²) in [6, 6.07) is 3.16. The minimum absolute atomic E-state index is 0. The van der Waals surface area contributed by atoms with E-state index in [0.717, 1.165) is 12.8 Å². The second-order valence-electron chi connectivity index (χ2n) is 5.54. The first-order valence-corrected chi connectivity index (χ1v) is 9.14. The van der Waals surface area contributed by atoms with Crippen molar-refractivity contribution >= 4 is 70.6 Å². The van der Waals surface area contributed by atoms with Gasteiger partial charge in [-0.25, -0.2) is 0 Å². The van der Waals surface area contributed by atoms with Crippen LogP contribution >= 0.6 is 58.8 Å². The number of benzene rings is 1. The second kappa shape index (κ2) is 11.9. The number of aliphatic imine (C=N–C) groups is 1. The molecule has 1 aliphatic rings. The van der Waals surface area contributed by atoms with E-state index in [1.807, 2.05) is 0 Å². The molecule has 3 N–H and O–H groups in total. The molecule has 6 nitrogen and oxygen atoms in total. The minimum Gasteiger partial charge on any atom is -0.489 e. The predicted molar refractivity (Wildman–Crippen MR) is 117 cm³/mol. The lowest BCUT2D eigenvalue weighted by Gasteiger charge is -2.14. The molecule has 1 amide bonds. The topological polar surface area (TPSA) is 74.8 Å². The Labute approximate surface area is 185 Å². The first-order valence-electron chi connectivity index (χ1n) is 8.01. The molecule has 146 valence electrons. The Morgan fingerprint density at radius 2 is 1.69 bits per heavy atom. The fourth-order valence-electron chi connectivity index (χ4n) is 2.07. The SMILES string of the molecule is CN=C(NCCNC(=O)C1CC1)NCCOc1c(Cl)cc(Cl)cc1Cl.I. The summed E-state index contributed by atoms with van der Waals surface area (Å²) in [5.74, 6) is 1.38. The van der Waals surface area contributed by atoms with Crippen molar-refractivity contribution in [3.8, 4) is 5.75 Å². The van der Waals surface area contributed by atoms with E-state index in [9.17, 15) is 4.79 Å². The lowest BCUT2D eigenvalue weighted by molar-refractivity contribution is -0.122. The summed E-state index contributed by atoms with van der Waals surface area (Å²) in [7, 11) is 1.67. The molecule has 0 atom stereocenters. The number of nitrogens with one attached hydrogen (secondary N) is 3. The van der Waals surface area contributed by atoms with Gasteiger partial charge in [0.15, 0.2) is 11.7 Å². The highest BCUT2D eigenvalue weighted by atomic mass is 127. The van der Waals surface area contributed by atoms with E-state index in [2.05, 4.69) is 20.9 Å². The minimum atomic E-state index is 0. The third-order valence-corrected chi connectivity index (χ3v) is 4.27. The van der Waals surface area contributed by atoms with Gasteiger partial charge in [0.25, 0.3) is 0 Å². The Morgan fingerprint density at radius 3 is 2.27 bits per heavy atom. The summed E-state index contributed by atoms with van der Waals surface area (Å²) < 4.78 is 5.58. The fourth-order valence-corrected chi connectivity index (χ4v) is 2.99. The van der Waals surface area contributed by atoms with Gasteiger partial charge in [0.1, 0.15) is 6.61 Å². The zero-order chi connectivity index (χ0) is 18.2. The van der Waals surface area contributed by atoms with Gasteiger partial charge in [-0.1, -0.05) is 34.8 Å². The molecule has 1 aromatic carbocycles. The van der Waals surface area contributed by atoms with Crippen LogP contribution in [0.25, 0.3) is 0 Å². The Bertz CT molecular complexity index is 619. The Hall–Kier alpha value is -0.640. The van der Waals surface area contributed by atoms with Gasteiger partial charge in [-0.2, -0.15) is 0 Å². The van der Waals surface area contributed by atoms with Crippen molar-refractivity contribution in [3.63, 3.8) is 0 Å². The van der Waals surface area contributed by atoms with Gasteiger partial charge in [0.2, 0.25) is 5.91 Å². The van der Waals surface area contributed by atoms with Crippen molar-refractivity contribution in [1.82, 2.24) is 16.0 Å². The van der Waals surface area contributed by atoms with E-state index in [0.29, 0.717) is 53.0 Å². The summed E-state index contributed by atoms with van der Waals surface area (Å²) in [6.45, 7) is 2.00. The number of rotatable bonds is 8. The highest BCUT2D eigenvalue weighted by Crippen LogP contribution is 2.35. The quantitative estimate of drug-likeness (QED) is 0.207. The largest absolute Gasteiger partial charge is 0.489 e. The third-order valence-electron chi connectivity index (χ3n) is 3.49. The van der Waals surface area contributed by atoms with Crippen molar-refractivity contribution in [2.75, 3.05) is 33.3 Å². The number of nitrogens with zero attached hydrogens (tertiary/aromatic N) is 1. The van der Waals surface area contributed by atoms with Crippen LogP contribution in [0.1, 0.15) is 12.8 Å². The number of amides is 1. The first-order chi connectivity index (χ1) is 12.0. The molecule has 1 fully saturated rings. The monoisotopic (exact) mass is 534 g/mol. The first kappa shape index (κ1) is 23.4. The highest BCUT2D eigenvalue weighted by Gasteiger charge is 2.28. The molecule has 1 saturated carbocycles. The summed E-state index contributed by atoms with van der Waals surface area (Å²) in [5.41, 5.74) is 0. The van der Waals surface area contributed by atoms with E-state index >= 15 is 0 Å². The van der Waals surface area contributed by atoms with E-state index in [4.69, 9.17) is 39.5 Å². The van der Waals surface area contributed by atoms with Gasteiger partial charge >= 0.3 is 0 Å². The molecule has 0 aromatic heterocycles. The molecule has 0 aliphatic heterocycles. The summed E-state index contributed by atoms with van der Waals surface area (Å²) in [5, 5.41) is 10.3. The van der Waals surface area contributed by atoms with Gasteiger partial charge in [0, 0.05) is 31.1 Å². The van der Waals surface area contributed by atoms with Crippen LogP contribution in [0.4, 0.5) is 0 Å². The van der Waals surface area contributed by atoms with Gasteiger partial charge in [0.05, 0.1) is 16.6 Å². The van der Waals surface area contributed by atoms with E-state index in [1.165, 1.54) is 0 Å². The maximum atomic E-state index is 11.5. The molecule has 0 heterocycles. The van der Waals surface area contributed by atoms with E-state index in [-0.39, 0.29) is 35.8 Å². The average Bonchev–Trinajstić information content (AvgIpc) is 3.39. The van der Waals surface area contributed by atoms with Crippen LogP contribution in [-0.4, -0.2) is 45.2 Å².